The molecule has 1 heterocycles. The molecule has 2 aromatic rings. The molecule has 1 aliphatic heterocycles. The van der Waals surface area contributed by atoms with Gasteiger partial charge in [-0.3, -0.25) is 0 Å². The van der Waals surface area contributed by atoms with Gasteiger partial charge in [-0.2, -0.15) is 0 Å². The molecule has 1 unspecified atom stereocenters. The third kappa shape index (κ3) is 2.87. The van der Waals surface area contributed by atoms with Crippen molar-refractivity contribution >= 4 is 43.5 Å². The Morgan fingerprint density at radius 3 is 2.57 bits per heavy atom. The Morgan fingerprint density at radius 2 is 1.86 bits per heavy atom. The molecule has 0 fully saturated rings. The van der Waals surface area contributed by atoms with Crippen LogP contribution in [0.25, 0.3) is 0 Å². The quantitative estimate of drug-likeness (QED) is 0.641. The van der Waals surface area contributed by atoms with Crippen molar-refractivity contribution in [2.45, 2.75) is 25.0 Å². The first kappa shape index (κ1) is 15.3. The molecular weight excluding hydrogens is 417 g/mol. The molecule has 2 atom stereocenters. The summed E-state index contributed by atoms with van der Waals surface area (Å²) in [5, 5.41) is 0.680. The normalized spacial score (nSPS) is 24.3. The molecular formula is C16H14Br2ClNO. The third-order valence-corrected chi connectivity index (χ3v) is 5.12. The summed E-state index contributed by atoms with van der Waals surface area (Å²) < 4.78 is 8.20. The zero-order valence-corrected chi connectivity index (χ0v) is 15.3. The fraction of sp³-hybridized carbons (Fsp3) is 0.250. The van der Waals surface area contributed by atoms with Gasteiger partial charge in [0.15, 0.2) is 0 Å². The highest BCUT2D eigenvalue weighted by Gasteiger charge is 2.38. The van der Waals surface area contributed by atoms with Crippen LogP contribution in [0.15, 0.2) is 45.3 Å². The molecule has 2 nitrogen and oxygen atoms in total. The lowest BCUT2D eigenvalue weighted by atomic mass is 9.84. The molecule has 0 aliphatic carbocycles. The number of ether oxygens (including phenoxy) is 1. The largest absolute Gasteiger partial charge is 0.482 e. The van der Waals surface area contributed by atoms with Crippen molar-refractivity contribution in [3.8, 4) is 5.75 Å². The van der Waals surface area contributed by atoms with E-state index < -0.39 is 5.60 Å². The Morgan fingerprint density at radius 1 is 1.19 bits per heavy atom. The molecule has 0 radical (unpaired) electrons. The van der Waals surface area contributed by atoms with E-state index in [4.69, 9.17) is 22.1 Å². The van der Waals surface area contributed by atoms with Gasteiger partial charge in [0.25, 0.3) is 0 Å². The number of nitrogens with two attached hydrogens (primary N) is 1. The second-order valence-corrected chi connectivity index (χ2v) is 7.69. The van der Waals surface area contributed by atoms with Crippen LogP contribution in [0.4, 0.5) is 0 Å². The summed E-state index contributed by atoms with van der Waals surface area (Å²) in [7, 11) is 0. The lowest BCUT2D eigenvalue weighted by Gasteiger charge is -2.39. The number of hydrogen-bond donors (Lipinski definition) is 1. The lowest BCUT2D eigenvalue weighted by molar-refractivity contribution is 0.0512. The van der Waals surface area contributed by atoms with Crippen LogP contribution in [0.1, 0.15) is 30.5 Å². The van der Waals surface area contributed by atoms with Crippen molar-refractivity contribution in [2.24, 2.45) is 5.73 Å². The van der Waals surface area contributed by atoms with Crippen LogP contribution < -0.4 is 10.5 Å². The highest BCUT2D eigenvalue weighted by molar-refractivity contribution is 9.10. The van der Waals surface area contributed by atoms with E-state index in [1.807, 2.05) is 43.3 Å². The average Bonchev–Trinajstić information content (AvgIpc) is 2.39. The van der Waals surface area contributed by atoms with Gasteiger partial charge in [0, 0.05) is 37.6 Å². The molecule has 110 valence electrons. The van der Waals surface area contributed by atoms with Crippen molar-refractivity contribution in [3.63, 3.8) is 0 Å². The van der Waals surface area contributed by atoms with Crippen LogP contribution in [0.2, 0.25) is 5.02 Å². The second-order valence-electron chi connectivity index (χ2n) is 5.45. The maximum absolute atomic E-state index is 6.39. The Balaban J connectivity index is 2.06. The van der Waals surface area contributed by atoms with E-state index in [2.05, 4.69) is 31.9 Å². The van der Waals surface area contributed by atoms with Gasteiger partial charge < -0.3 is 10.5 Å². The zero-order chi connectivity index (χ0) is 15.2. The summed E-state index contributed by atoms with van der Waals surface area (Å²) in [4.78, 5) is 0. The minimum atomic E-state index is -0.530. The molecule has 0 saturated heterocycles. The van der Waals surface area contributed by atoms with Gasteiger partial charge in [0.05, 0.1) is 0 Å². The zero-order valence-electron chi connectivity index (χ0n) is 11.4. The first-order valence-electron chi connectivity index (χ1n) is 6.59. The standard InChI is InChI=1S/C16H14Br2ClNO/c1-16(12-4-2-10(18)7-13(12)19)8-14(20)11-6-9(17)3-5-15(11)21-16/h2-7,14H,8,20H2,1H3/t14-,16?/m0/s1. The van der Waals surface area contributed by atoms with Gasteiger partial charge in [-0.05, 0) is 37.3 Å². The number of rotatable bonds is 1. The molecule has 3 rings (SSSR count). The van der Waals surface area contributed by atoms with Crippen molar-refractivity contribution in [1.29, 1.82) is 0 Å². The number of benzene rings is 2. The minimum absolute atomic E-state index is 0.0871. The van der Waals surface area contributed by atoms with E-state index in [0.717, 1.165) is 25.8 Å². The van der Waals surface area contributed by atoms with Crippen molar-refractivity contribution < 1.29 is 4.74 Å². The van der Waals surface area contributed by atoms with E-state index in [9.17, 15) is 0 Å². The molecule has 0 saturated carbocycles. The molecule has 1 aliphatic rings. The van der Waals surface area contributed by atoms with Crippen LogP contribution in [0.3, 0.4) is 0 Å². The van der Waals surface area contributed by atoms with Gasteiger partial charge >= 0.3 is 0 Å². The first-order chi connectivity index (χ1) is 9.89. The topological polar surface area (TPSA) is 35.2 Å². The Labute approximate surface area is 145 Å². The number of hydrogen-bond acceptors (Lipinski definition) is 2. The van der Waals surface area contributed by atoms with E-state index in [0.29, 0.717) is 11.4 Å². The van der Waals surface area contributed by atoms with Crippen LogP contribution in [-0.2, 0) is 5.60 Å². The molecule has 5 heteroatoms. The molecule has 21 heavy (non-hydrogen) atoms. The van der Waals surface area contributed by atoms with E-state index >= 15 is 0 Å². The maximum Gasteiger partial charge on any atom is 0.134 e. The maximum atomic E-state index is 6.39. The Kier molecular flexibility index (Phi) is 4.08. The molecule has 0 aromatic heterocycles. The minimum Gasteiger partial charge on any atom is -0.482 e. The lowest BCUT2D eigenvalue weighted by Crippen LogP contribution is -2.38. The predicted octanol–water partition coefficient (Wildman–Crippen LogP) is 5.56. The third-order valence-electron chi connectivity index (χ3n) is 3.82. The average molecular weight is 432 g/mol. The Bertz CT molecular complexity index is 707. The van der Waals surface area contributed by atoms with E-state index in [1.54, 1.807) is 0 Å². The summed E-state index contributed by atoms with van der Waals surface area (Å²) in [6.07, 6.45) is 0.678. The highest BCUT2D eigenvalue weighted by Crippen LogP contribution is 2.46. The number of fused-ring (bicyclic) bond motifs is 1. The van der Waals surface area contributed by atoms with Gasteiger partial charge in [-0.1, -0.05) is 49.5 Å². The smallest absolute Gasteiger partial charge is 0.134 e. The van der Waals surface area contributed by atoms with Gasteiger partial charge in [0.1, 0.15) is 11.4 Å². The molecule has 2 aromatic carbocycles. The van der Waals surface area contributed by atoms with Gasteiger partial charge in [-0.25, -0.2) is 0 Å². The molecule has 2 N–H and O–H groups in total. The van der Waals surface area contributed by atoms with Gasteiger partial charge in [0.2, 0.25) is 0 Å². The first-order valence-corrected chi connectivity index (χ1v) is 8.55. The highest BCUT2D eigenvalue weighted by atomic mass is 79.9. The van der Waals surface area contributed by atoms with Crippen molar-refractivity contribution in [2.75, 3.05) is 0 Å². The summed E-state index contributed by atoms with van der Waals surface area (Å²) in [6, 6.07) is 11.7. The summed E-state index contributed by atoms with van der Waals surface area (Å²) in [5.41, 5.74) is 7.80. The van der Waals surface area contributed by atoms with Gasteiger partial charge in [-0.15, -0.1) is 0 Å². The fourth-order valence-corrected chi connectivity index (χ4v) is 4.05. The molecule has 0 amide bonds. The molecule has 0 spiro atoms. The predicted molar refractivity (Wildman–Crippen MR) is 92.8 cm³/mol. The second kappa shape index (κ2) is 5.58. The summed E-state index contributed by atoms with van der Waals surface area (Å²) in [5.74, 6) is 0.818. The van der Waals surface area contributed by atoms with E-state index in [1.165, 1.54) is 0 Å². The fourth-order valence-electron chi connectivity index (χ4n) is 2.80. The van der Waals surface area contributed by atoms with Crippen LogP contribution in [-0.4, -0.2) is 0 Å². The summed E-state index contributed by atoms with van der Waals surface area (Å²) >= 11 is 13.3. The van der Waals surface area contributed by atoms with Crippen LogP contribution in [0, 0.1) is 0 Å². The van der Waals surface area contributed by atoms with E-state index in [-0.39, 0.29) is 6.04 Å². The number of halogens is 3. The van der Waals surface area contributed by atoms with Crippen LogP contribution >= 0.6 is 43.5 Å². The van der Waals surface area contributed by atoms with Crippen molar-refractivity contribution in [3.05, 3.63) is 61.5 Å². The molecule has 0 bridgehead atoms. The summed E-state index contributed by atoms with van der Waals surface area (Å²) in [6.45, 7) is 2.03. The SMILES string of the molecule is CC1(c2ccc(Br)cc2Cl)C[C@H](N)c2cc(Br)ccc2O1. The Hall–Kier alpha value is -0.550. The van der Waals surface area contributed by atoms with Crippen LogP contribution in [0.5, 0.6) is 5.75 Å². The monoisotopic (exact) mass is 429 g/mol. The van der Waals surface area contributed by atoms with Crippen molar-refractivity contribution in [1.82, 2.24) is 0 Å².